The molecule has 1 saturated heterocycles. The van der Waals surface area contributed by atoms with Gasteiger partial charge in [0.15, 0.2) is 0 Å². The van der Waals surface area contributed by atoms with Crippen LogP contribution in [0.5, 0.6) is 0 Å². The first-order valence-corrected chi connectivity index (χ1v) is 6.39. The van der Waals surface area contributed by atoms with E-state index in [1.54, 1.807) is 0 Å². The molecule has 1 aliphatic heterocycles. The van der Waals surface area contributed by atoms with Gasteiger partial charge in [0.2, 0.25) is 0 Å². The lowest BCUT2D eigenvalue weighted by molar-refractivity contribution is 0.195. The highest BCUT2D eigenvalue weighted by molar-refractivity contribution is 4.99. The summed E-state index contributed by atoms with van der Waals surface area (Å²) in [6.07, 6.45) is 7.30. The minimum Gasteiger partial charge on any atom is -0.320 e. The second kappa shape index (κ2) is 4.17. The van der Waals surface area contributed by atoms with Crippen molar-refractivity contribution >= 4 is 0 Å². The summed E-state index contributed by atoms with van der Waals surface area (Å²) in [5.41, 5.74) is 0. The molecule has 0 radical (unpaired) electrons. The summed E-state index contributed by atoms with van der Waals surface area (Å²) in [7, 11) is 2.05. The quantitative estimate of drug-likeness (QED) is 0.772. The van der Waals surface area contributed by atoms with Crippen molar-refractivity contribution in [1.82, 2.24) is 19.7 Å². The first-order valence-electron chi connectivity index (χ1n) is 6.39. The van der Waals surface area contributed by atoms with Gasteiger partial charge in [0.05, 0.1) is 0 Å². The number of hydrogen-bond acceptors (Lipinski definition) is 3. The molecule has 2 heterocycles. The Hall–Kier alpha value is -0.900. The Morgan fingerprint density at radius 2 is 2.25 bits per heavy atom. The maximum absolute atomic E-state index is 4.25. The molecule has 0 bridgehead atoms. The van der Waals surface area contributed by atoms with Crippen LogP contribution in [0.4, 0.5) is 0 Å². The number of piperidine rings is 1. The van der Waals surface area contributed by atoms with Crippen LogP contribution < -0.4 is 0 Å². The zero-order valence-corrected chi connectivity index (χ0v) is 9.97. The van der Waals surface area contributed by atoms with Crippen LogP contribution in [0, 0.1) is 5.92 Å². The lowest BCUT2D eigenvalue weighted by Crippen LogP contribution is -2.36. The van der Waals surface area contributed by atoms with Crippen molar-refractivity contribution in [3.8, 4) is 0 Å². The second-order valence-electron chi connectivity index (χ2n) is 5.34. The van der Waals surface area contributed by atoms with Crippen LogP contribution in [-0.4, -0.2) is 39.3 Å². The van der Waals surface area contributed by atoms with E-state index in [-0.39, 0.29) is 0 Å². The summed E-state index contributed by atoms with van der Waals surface area (Å²) in [5, 5.41) is 8.24. The Balaban J connectivity index is 1.64. The molecule has 1 aliphatic carbocycles. The minimum atomic E-state index is 0.597. The molecule has 0 amide bonds. The maximum atomic E-state index is 4.25. The highest BCUT2D eigenvalue weighted by Crippen LogP contribution is 2.32. The normalized spacial score (nSPS) is 27.2. The van der Waals surface area contributed by atoms with E-state index < -0.39 is 0 Å². The largest absolute Gasteiger partial charge is 0.320 e. The van der Waals surface area contributed by atoms with Crippen LogP contribution in [0.2, 0.25) is 0 Å². The van der Waals surface area contributed by atoms with Gasteiger partial charge >= 0.3 is 0 Å². The predicted molar refractivity (Wildman–Crippen MR) is 62.1 cm³/mol. The van der Waals surface area contributed by atoms with Gasteiger partial charge < -0.3 is 9.47 Å². The summed E-state index contributed by atoms with van der Waals surface area (Å²) in [6.45, 7) is 3.78. The lowest BCUT2D eigenvalue weighted by atomic mass is 9.97. The number of nitrogens with zero attached hydrogens (tertiary/aromatic N) is 4. The minimum absolute atomic E-state index is 0.597. The second-order valence-corrected chi connectivity index (χ2v) is 5.34. The van der Waals surface area contributed by atoms with E-state index >= 15 is 0 Å². The van der Waals surface area contributed by atoms with Crippen molar-refractivity contribution in [1.29, 1.82) is 0 Å². The summed E-state index contributed by atoms with van der Waals surface area (Å²) in [4.78, 5) is 2.63. The van der Waals surface area contributed by atoms with Gasteiger partial charge in [-0.05, 0) is 38.1 Å². The Labute approximate surface area is 96.7 Å². The fraction of sp³-hybridized carbons (Fsp3) is 0.833. The summed E-state index contributed by atoms with van der Waals surface area (Å²) >= 11 is 0. The molecule has 16 heavy (non-hydrogen) atoms. The van der Waals surface area contributed by atoms with Crippen LogP contribution in [-0.2, 0) is 7.05 Å². The van der Waals surface area contributed by atoms with E-state index in [0.717, 1.165) is 5.92 Å². The molecular weight excluding hydrogens is 200 g/mol. The molecule has 0 spiro atoms. The zero-order valence-electron chi connectivity index (χ0n) is 9.97. The molecule has 1 aromatic rings. The van der Waals surface area contributed by atoms with Gasteiger partial charge in [0, 0.05) is 26.1 Å². The third-order valence-electron chi connectivity index (χ3n) is 3.83. The van der Waals surface area contributed by atoms with Crippen molar-refractivity contribution in [2.24, 2.45) is 13.0 Å². The van der Waals surface area contributed by atoms with Crippen molar-refractivity contribution in [3.63, 3.8) is 0 Å². The molecule has 1 unspecified atom stereocenters. The molecule has 0 aromatic carbocycles. The monoisotopic (exact) mass is 220 g/mol. The standard InChI is InChI=1S/C12H20N4/c1-15-9-13-14-12(15)11-3-2-6-16(8-11)7-10-4-5-10/h9-11H,2-8H2,1H3. The molecule has 2 aliphatic rings. The number of aryl methyl sites for hydroxylation is 1. The molecule has 1 aromatic heterocycles. The molecule has 88 valence electrons. The van der Waals surface area contributed by atoms with Crippen molar-refractivity contribution in [2.75, 3.05) is 19.6 Å². The molecule has 4 heteroatoms. The van der Waals surface area contributed by atoms with E-state index in [4.69, 9.17) is 0 Å². The number of rotatable bonds is 3. The smallest absolute Gasteiger partial charge is 0.136 e. The summed E-state index contributed by atoms with van der Waals surface area (Å²) in [5.74, 6) is 2.76. The van der Waals surface area contributed by atoms with E-state index in [2.05, 4.69) is 26.7 Å². The van der Waals surface area contributed by atoms with Gasteiger partial charge in [0.25, 0.3) is 0 Å². The third-order valence-corrected chi connectivity index (χ3v) is 3.83. The van der Waals surface area contributed by atoms with Crippen molar-refractivity contribution in [2.45, 2.75) is 31.6 Å². The molecular formula is C12H20N4. The van der Waals surface area contributed by atoms with E-state index in [9.17, 15) is 0 Å². The molecule has 0 N–H and O–H groups in total. The van der Waals surface area contributed by atoms with Crippen LogP contribution >= 0.6 is 0 Å². The zero-order chi connectivity index (χ0) is 11.0. The number of hydrogen-bond donors (Lipinski definition) is 0. The average Bonchev–Trinajstić information content (AvgIpc) is 2.99. The van der Waals surface area contributed by atoms with Crippen LogP contribution in [0.25, 0.3) is 0 Å². The van der Waals surface area contributed by atoms with Crippen LogP contribution in [0.3, 0.4) is 0 Å². The molecule has 1 saturated carbocycles. The SMILES string of the molecule is Cn1cnnc1C1CCCN(CC2CC2)C1. The molecule has 2 fully saturated rings. The fourth-order valence-electron chi connectivity index (χ4n) is 2.76. The maximum Gasteiger partial charge on any atom is 0.136 e. The first-order chi connectivity index (χ1) is 7.83. The Kier molecular flexibility index (Phi) is 2.67. The Morgan fingerprint density at radius 1 is 1.38 bits per heavy atom. The highest BCUT2D eigenvalue weighted by Gasteiger charge is 2.29. The summed E-state index contributed by atoms with van der Waals surface area (Å²) < 4.78 is 2.07. The van der Waals surface area contributed by atoms with Gasteiger partial charge in [-0.25, -0.2) is 0 Å². The van der Waals surface area contributed by atoms with Crippen LogP contribution in [0.15, 0.2) is 6.33 Å². The Bertz CT molecular complexity index is 356. The topological polar surface area (TPSA) is 34.0 Å². The first kappa shape index (κ1) is 10.3. The van der Waals surface area contributed by atoms with E-state index in [1.165, 1.54) is 51.1 Å². The van der Waals surface area contributed by atoms with Gasteiger partial charge in [-0.3, -0.25) is 0 Å². The molecule has 1 atom stereocenters. The van der Waals surface area contributed by atoms with Gasteiger partial charge in [-0.1, -0.05) is 0 Å². The number of likely N-dealkylation sites (tertiary alicyclic amines) is 1. The Morgan fingerprint density at radius 3 is 2.94 bits per heavy atom. The molecule has 3 rings (SSSR count). The lowest BCUT2D eigenvalue weighted by Gasteiger charge is -2.32. The third kappa shape index (κ3) is 2.12. The number of aromatic nitrogens is 3. The van der Waals surface area contributed by atoms with Gasteiger partial charge in [-0.2, -0.15) is 0 Å². The molecule has 4 nitrogen and oxygen atoms in total. The highest BCUT2D eigenvalue weighted by atomic mass is 15.3. The van der Waals surface area contributed by atoms with Gasteiger partial charge in [-0.15, -0.1) is 10.2 Å². The van der Waals surface area contributed by atoms with E-state index in [0.29, 0.717) is 5.92 Å². The van der Waals surface area contributed by atoms with E-state index in [1.807, 2.05) is 6.33 Å². The predicted octanol–water partition coefficient (Wildman–Crippen LogP) is 1.40. The van der Waals surface area contributed by atoms with Crippen molar-refractivity contribution < 1.29 is 0 Å². The van der Waals surface area contributed by atoms with Crippen LogP contribution in [0.1, 0.15) is 37.4 Å². The fourth-order valence-corrected chi connectivity index (χ4v) is 2.76. The van der Waals surface area contributed by atoms with Crippen molar-refractivity contribution in [3.05, 3.63) is 12.2 Å². The summed E-state index contributed by atoms with van der Waals surface area (Å²) in [6, 6.07) is 0. The van der Waals surface area contributed by atoms with Gasteiger partial charge in [0.1, 0.15) is 12.2 Å². The average molecular weight is 220 g/mol.